The van der Waals surface area contributed by atoms with Gasteiger partial charge in [-0.1, -0.05) is 0 Å². The van der Waals surface area contributed by atoms with Crippen LogP contribution in [-0.4, -0.2) is 24.7 Å². The van der Waals surface area contributed by atoms with Crippen LogP contribution >= 0.6 is 0 Å². The van der Waals surface area contributed by atoms with Crippen LogP contribution < -0.4 is 10.9 Å². The molecule has 0 saturated carbocycles. The summed E-state index contributed by atoms with van der Waals surface area (Å²) >= 11 is 0. The average molecular weight is 154 g/mol. The summed E-state index contributed by atoms with van der Waals surface area (Å²) in [6.07, 6.45) is 1.25. The van der Waals surface area contributed by atoms with Crippen LogP contribution in [0.1, 0.15) is 0 Å². The van der Waals surface area contributed by atoms with E-state index in [4.69, 9.17) is 4.84 Å². The lowest BCUT2D eigenvalue weighted by Gasteiger charge is -1.99. The highest BCUT2D eigenvalue weighted by Gasteiger charge is 2.32. The molecule has 0 aliphatic carbocycles. The van der Waals surface area contributed by atoms with Crippen molar-refractivity contribution in [1.82, 2.24) is 10.9 Å². The second-order valence-corrected chi connectivity index (χ2v) is 2.19. The van der Waals surface area contributed by atoms with Crippen LogP contribution in [0.4, 0.5) is 0 Å². The molecule has 6 heteroatoms. The molecule has 0 aromatic heterocycles. The maximum Gasteiger partial charge on any atom is 0.254 e. The van der Waals surface area contributed by atoms with Crippen molar-refractivity contribution in [3.05, 3.63) is 0 Å². The van der Waals surface area contributed by atoms with Gasteiger partial charge in [0.25, 0.3) is 5.91 Å². The van der Waals surface area contributed by atoms with Gasteiger partial charge in [-0.3, -0.25) is 4.79 Å². The topological polar surface area (TPSA) is 75.1 Å². The summed E-state index contributed by atoms with van der Waals surface area (Å²) in [6, 6.07) is 0. The third-order valence-electron chi connectivity index (χ3n) is 1.50. The van der Waals surface area contributed by atoms with Gasteiger partial charge in [-0.25, -0.2) is 10.4 Å². The van der Waals surface area contributed by atoms with Gasteiger partial charge in [0.05, 0.1) is 6.54 Å². The minimum Gasteiger partial charge on any atom is -0.392 e. The summed E-state index contributed by atoms with van der Waals surface area (Å²) in [7, 11) is 0. The smallest absolute Gasteiger partial charge is 0.254 e. The number of hydrazone groups is 1. The summed E-state index contributed by atoms with van der Waals surface area (Å²) in [6.45, 7) is 0.452. The van der Waals surface area contributed by atoms with Crippen molar-refractivity contribution in [1.29, 1.82) is 0 Å². The first-order valence-electron chi connectivity index (χ1n) is 3.17. The van der Waals surface area contributed by atoms with Crippen molar-refractivity contribution < 1.29 is 9.63 Å². The van der Waals surface area contributed by atoms with Gasteiger partial charge in [-0.15, -0.1) is 0 Å². The van der Waals surface area contributed by atoms with Crippen molar-refractivity contribution in [3.8, 4) is 0 Å². The Morgan fingerprint density at radius 1 is 1.73 bits per heavy atom. The molecule has 0 aromatic rings. The normalized spacial score (nSPS) is 28.2. The molecular weight excluding hydrogens is 148 g/mol. The summed E-state index contributed by atoms with van der Waals surface area (Å²) in [5.41, 5.74) is 4.88. The quantitative estimate of drug-likeness (QED) is 0.451. The molecule has 1 fully saturated rings. The number of nitrogens with one attached hydrogen (secondary N) is 2. The number of hydroxylamine groups is 1. The van der Waals surface area contributed by atoms with E-state index < -0.39 is 0 Å². The Bertz CT molecular complexity index is 247. The minimum atomic E-state index is -0.336. The van der Waals surface area contributed by atoms with Crippen molar-refractivity contribution >= 4 is 18.1 Å². The van der Waals surface area contributed by atoms with Gasteiger partial charge in [0.1, 0.15) is 12.3 Å². The van der Waals surface area contributed by atoms with Crippen LogP contribution in [0, 0.1) is 5.92 Å². The Labute approximate surface area is 62.3 Å². The van der Waals surface area contributed by atoms with Gasteiger partial charge in [0, 0.05) is 0 Å². The zero-order valence-corrected chi connectivity index (χ0v) is 5.57. The van der Waals surface area contributed by atoms with Crippen LogP contribution in [0.3, 0.4) is 0 Å². The van der Waals surface area contributed by atoms with Gasteiger partial charge < -0.3 is 4.84 Å². The molecule has 6 nitrogen and oxygen atoms in total. The molecule has 0 spiro atoms. The number of hydrogen-bond acceptors (Lipinski definition) is 5. The molecule has 0 aromatic carbocycles. The minimum absolute atomic E-state index is 0.192. The van der Waals surface area contributed by atoms with Gasteiger partial charge in [-0.05, 0) is 0 Å². The molecule has 2 aliphatic heterocycles. The lowest BCUT2D eigenvalue weighted by atomic mass is 10.1. The van der Waals surface area contributed by atoms with Crippen molar-refractivity contribution in [2.75, 3.05) is 6.54 Å². The van der Waals surface area contributed by atoms with Crippen LogP contribution in [0.2, 0.25) is 0 Å². The first-order valence-corrected chi connectivity index (χ1v) is 3.17. The predicted octanol–water partition coefficient (Wildman–Crippen LogP) is -1.39. The number of hydrogen-bond donors (Lipinski definition) is 2. The second kappa shape index (κ2) is 2.31. The molecule has 1 atom stereocenters. The molecule has 1 saturated heterocycles. The number of rotatable bonds is 0. The molecule has 1 unspecified atom stereocenters. The Morgan fingerprint density at radius 2 is 2.64 bits per heavy atom. The standard InChI is InChI=1S/C5H6N4O2/c10-4-3-1-8-11-5(3)6-2-7-9-4/h2-3,8H,1H2,(H,9,10). The van der Waals surface area contributed by atoms with E-state index in [2.05, 4.69) is 21.0 Å². The fourth-order valence-corrected chi connectivity index (χ4v) is 0.935. The largest absolute Gasteiger partial charge is 0.392 e. The molecule has 2 rings (SSSR count). The average Bonchev–Trinajstić information content (AvgIpc) is 2.40. The van der Waals surface area contributed by atoms with Gasteiger partial charge >= 0.3 is 0 Å². The molecule has 0 radical (unpaired) electrons. The molecule has 2 N–H and O–H groups in total. The summed E-state index contributed by atoms with van der Waals surface area (Å²) in [5, 5.41) is 3.51. The monoisotopic (exact) mass is 154 g/mol. The fraction of sp³-hybridized carbons (Fsp3) is 0.400. The van der Waals surface area contributed by atoms with E-state index in [1.807, 2.05) is 0 Å². The Hall–Kier alpha value is -1.43. The van der Waals surface area contributed by atoms with Crippen molar-refractivity contribution in [2.45, 2.75) is 0 Å². The molecule has 58 valence electrons. The van der Waals surface area contributed by atoms with Crippen LogP contribution in [0.5, 0.6) is 0 Å². The first kappa shape index (κ1) is 6.29. The Balaban J connectivity index is 2.29. The van der Waals surface area contributed by atoms with Crippen LogP contribution in [0.25, 0.3) is 0 Å². The molecule has 11 heavy (non-hydrogen) atoms. The number of carbonyl (C=O) groups excluding carboxylic acids is 1. The SMILES string of the molecule is O=C1NN=CN=C2ONCC12. The third-order valence-corrected chi connectivity index (χ3v) is 1.50. The van der Waals surface area contributed by atoms with E-state index in [9.17, 15) is 4.79 Å². The van der Waals surface area contributed by atoms with E-state index in [1.54, 1.807) is 0 Å². The zero-order valence-electron chi connectivity index (χ0n) is 5.57. The van der Waals surface area contributed by atoms with Gasteiger partial charge in [0.2, 0.25) is 5.90 Å². The molecule has 2 aliphatic rings. The highest BCUT2D eigenvalue weighted by atomic mass is 16.7. The summed E-state index contributed by atoms with van der Waals surface area (Å²) in [5.74, 6) is -0.149. The zero-order chi connectivity index (χ0) is 7.68. The van der Waals surface area contributed by atoms with E-state index in [0.29, 0.717) is 12.4 Å². The van der Waals surface area contributed by atoms with Crippen molar-refractivity contribution in [2.24, 2.45) is 16.0 Å². The Morgan fingerprint density at radius 3 is 3.55 bits per heavy atom. The maximum absolute atomic E-state index is 11.1. The summed E-state index contributed by atoms with van der Waals surface area (Å²) in [4.78, 5) is 19.7. The lowest BCUT2D eigenvalue weighted by Crippen LogP contribution is -2.30. The number of aliphatic imine (C=N–C) groups is 1. The van der Waals surface area contributed by atoms with Crippen LogP contribution in [0.15, 0.2) is 10.1 Å². The highest BCUT2D eigenvalue weighted by Crippen LogP contribution is 2.07. The van der Waals surface area contributed by atoms with Crippen molar-refractivity contribution in [3.63, 3.8) is 0 Å². The molecular formula is C5H6N4O2. The third kappa shape index (κ3) is 0.966. The molecule has 0 bridgehead atoms. The van der Waals surface area contributed by atoms with E-state index in [-0.39, 0.29) is 11.8 Å². The number of amides is 1. The van der Waals surface area contributed by atoms with Crippen LogP contribution in [-0.2, 0) is 9.63 Å². The fourth-order valence-electron chi connectivity index (χ4n) is 0.935. The first-order chi connectivity index (χ1) is 5.38. The van der Waals surface area contributed by atoms with E-state index in [1.165, 1.54) is 6.34 Å². The number of carbonyl (C=O) groups is 1. The van der Waals surface area contributed by atoms with Gasteiger partial charge in [0.15, 0.2) is 0 Å². The second-order valence-electron chi connectivity index (χ2n) is 2.19. The number of fused-ring (bicyclic) bond motifs is 1. The highest BCUT2D eigenvalue weighted by molar-refractivity contribution is 6.04. The number of nitrogens with zero attached hydrogens (tertiary/aromatic N) is 2. The summed E-state index contributed by atoms with van der Waals surface area (Å²) < 4.78 is 0. The maximum atomic E-state index is 11.1. The molecule has 2 heterocycles. The molecule has 1 amide bonds. The van der Waals surface area contributed by atoms with E-state index >= 15 is 0 Å². The predicted molar refractivity (Wildman–Crippen MR) is 36.6 cm³/mol. The lowest BCUT2D eigenvalue weighted by molar-refractivity contribution is -0.122. The van der Waals surface area contributed by atoms with E-state index in [0.717, 1.165) is 0 Å². The Kier molecular flexibility index (Phi) is 1.32. The van der Waals surface area contributed by atoms with Gasteiger partial charge in [-0.2, -0.15) is 10.6 Å².